The molecule has 0 aliphatic heterocycles. The number of hydrogen-bond acceptors (Lipinski definition) is 4. The van der Waals surface area contributed by atoms with Crippen molar-refractivity contribution in [2.24, 2.45) is 5.92 Å². The van der Waals surface area contributed by atoms with Gasteiger partial charge in [-0.1, -0.05) is 26.0 Å². The number of benzene rings is 2. The largest absolute Gasteiger partial charge is 0.487 e. The third-order valence-corrected chi connectivity index (χ3v) is 5.11. The number of rotatable bonds is 10. The smallest absolute Gasteiger partial charge is 0.303 e. The summed E-state index contributed by atoms with van der Waals surface area (Å²) >= 11 is 6.98. The van der Waals surface area contributed by atoms with Crippen LogP contribution in [0, 0.1) is 5.92 Å². The SMILES string of the molecule is CC(C)CC(=O)NNc1cccc(COc2c(Br)cc(CCC(=O)O)cc2Br)c1. The quantitative estimate of drug-likeness (QED) is 0.365. The Bertz CT molecular complexity index is 849. The van der Waals surface area contributed by atoms with Gasteiger partial charge in [0.25, 0.3) is 0 Å². The van der Waals surface area contributed by atoms with E-state index in [0.717, 1.165) is 25.8 Å². The number of halogens is 2. The highest BCUT2D eigenvalue weighted by atomic mass is 79.9. The number of aliphatic carboxylic acids is 1. The highest BCUT2D eigenvalue weighted by Crippen LogP contribution is 2.35. The first-order chi connectivity index (χ1) is 13.7. The highest BCUT2D eigenvalue weighted by molar-refractivity contribution is 9.11. The highest BCUT2D eigenvalue weighted by Gasteiger charge is 2.11. The monoisotopic (exact) mass is 526 g/mol. The Balaban J connectivity index is 1.97. The second kappa shape index (κ2) is 11.2. The number of anilines is 1. The normalized spacial score (nSPS) is 10.7. The van der Waals surface area contributed by atoms with E-state index < -0.39 is 5.97 Å². The van der Waals surface area contributed by atoms with Gasteiger partial charge in [0.1, 0.15) is 12.4 Å². The van der Waals surface area contributed by atoms with Gasteiger partial charge in [-0.25, -0.2) is 0 Å². The summed E-state index contributed by atoms with van der Waals surface area (Å²) in [6, 6.07) is 11.3. The maximum atomic E-state index is 11.8. The van der Waals surface area contributed by atoms with Crippen LogP contribution in [0.15, 0.2) is 45.3 Å². The molecule has 0 saturated heterocycles. The minimum absolute atomic E-state index is 0.0579. The Morgan fingerprint density at radius 2 is 1.79 bits per heavy atom. The van der Waals surface area contributed by atoms with Gasteiger partial charge in [0.15, 0.2) is 0 Å². The molecule has 0 bridgehead atoms. The van der Waals surface area contributed by atoms with Crippen LogP contribution in [0.3, 0.4) is 0 Å². The molecular weight excluding hydrogens is 504 g/mol. The molecule has 0 aromatic heterocycles. The summed E-state index contributed by atoms with van der Waals surface area (Å²) in [5, 5.41) is 8.83. The average molecular weight is 528 g/mol. The van der Waals surface area contributed by atoms with Crippen molar-refractivity contribution in [1.29, 1.82) is 0 Å². The number of carbonyl (C=O) groups excluding carboxylic acids is 1. The number of ether oxygens (including phenoxy) is 1. The van der Waals surface area contributed by atoms with Gasteiger partial charge in [-0.3, -0.25) is 20.4 Å². The molecule has 2 aromatic rings. The number of carboxylic acids is 1. The van der Waals surface area contributed by atoms with Crippen molar-refractivity contribution in [3.05, 3.63) is 56.5 Å². The van der Waals surface area contributed by atoms with Crippen LogP contribution in [0.1, 0.15) is 37.8 Å². The molecule has 1 amide bonds. The molecule has 0 unspecified atom stereocenters. The number of nitrogens with one attached hydrogen (secondary N) is 2. The Kier molecular flexibility index (Phi) is 8.98. The van der Waals surface area contributed by atoms with E-state index in [9.17, 15) is 9.59 Å². The fourth-order valence-electron chi connectivity index (χ4n) is 2.60. The molecule has 0 spiro atoms. The van der Waals surface area contributed by atoms with Gasteiger partial charge >= 0.3 is 5.97 Å². The van der Waals surface area contributed by atoms with Gasteiger partial charge < -0.3 is 9.84 Å². The van der Waals surface area contributed by atoms with E-state index in [1.54, 1.807) is 0 Å². The van der Waals surface area contributed by atoms with Crippen molar-refractivity contribution in [2.45, 2.75) is 39.7 Å². The van der Waals surface area contributed by atoms with Gasteiger partial charge in [-0.05, 0) is 79.6 Å². The Morgan fingerprint density at radius 1 is 1.10 bits per heavy atom. The third kappa shape index (κ3) is 8.06. The fourth-order valence-corrected chi connectivity index (χ4v) is 4.11. The zero-order chi connectivity index (χ0) is 21.4. The minimum Gasteiger partial charge on any atom is -0.487 e. The molecule has 0 saturated carbocycles. The van der Waals surface area contributed by atoms with Gasteiger partial charge in [0.2, 0.25) is 5.91 Å². The molecule has 0 atom stereocenters. The number of carboxylic acid groups (broad SMARTS) is 1. The van der Waals surface area contributed by atoms with Crippen LogP contribution in [-0.2, 0) is 22.6 Å². The molecule has 156 valence electrons. The molecule has 0 fully saturated rings. The van der Waals surface area contributed by atoms with Gasteiger partial charge in [-0.15, -0.1) is 0 Å². The van der Waals surface area contributed by atoms with E-state index >= 15 is 0 Å². The number of amides is 1. The summed E-state index contributed by atoms with van der Waals surface area (Å²) in [6.07, 6.45) is 0.982. The predicted molar refractivity (Wildman–Crippen MR) is 120 cm³/mol. The Labute approximate surface area is 187 Å². The molecule has 0 aliphatic rings. The van der Waals surface area contributed by atoms with E-state index in [0.29, 0.717) is 31.1 Å². The van der Waals surface area contributed by atoms with E-state index in [-0.39, 0.29) is 12.3 Å². The molecular formula is C21H24Br2N2O4. The summed E-state index contributed by atoms with van der Waals surface area (Å²) in [7, 11) is 0. The van der Waals surface area contributed by atoms with Gasteiger partial charge in [0, 0.05) is 12.8 Å². The lowest BCUT2D eigenvalue weighted by Gasteiger charge is -2.14. The minimum atomic E-state index is -0.827. The molecule has 3 N–H and O–H groups in total. The summed E-state index contributed by atoms with van der Waals surface area (Å²) in [5.41, 5.74) is 8.21. The Hall–Kier alpha value is -2.06. The van der Waals surface area contributed by atoms with Gasteiger partial charge in [0.05, 0.1) is 14.6 Å². The molecule has 29 heavy (non-hydrogen) atoms. The summed E-state index contributed by atoms with van der Waals surface area (Å²) in [4.78, 5) is 22.5. The first-order valence-electron chi connectivity index (χ1n) is 9.21. The van der Waals surface area contributed by atoms with Crippen LogP contribution >= 0.6 is 31.9 Å². The first-order valence-corrected chi connectivity index (χ1v) is 10.8. The third-order valence-electron chi connectivity index (χ3n) is 3.94. The molecule has 2 rings (SSSR count). The summed E-state index contributed by atoms with van der Waals surface area (Å²) in [5.74, 6) is 0.0561. The van der Waals surface area contributed by atoms with Crippen molar-refractivity contribution < 1.29 is 19.4 Å². The standard InChI is InChI=1S/C21H24Br2N2O4/c1-13(2)8-19(26)25-24-16-5-3-4-15(9-16)12-29-21-17(22)10-14(11-18(21)23)6-7-20(27)28/h3-5,9-11,13,24H,6-8,12H2,1-2H3,(H,25,26)(H,27,28). The maximum Gasteiger partial charge on any atom is 0.303 e. The van der Waals surface area contributed by atoms with Crippen molar-refractivity contribution in [3.63, 3.8) is 0 Å². The van der Waals surface area contributed by atoms with Crippen LogP contribution in [0.5, 0.6) is 5.75 Å². The Morgan fingerprint density at radius 3 is 2.41 bits per heavy atom. The second-order valence-electron chi connectivity index (χ2n) is 7.04. The topological polar surface area (TPSA) is 87.7 Å². The summed E-state index contributed by atoms with van der Waals surface area (Å²) in [6.45, 7) is 4.32. The van der Waals surface area contributed by atoms with E-state index in [1.807, 2.05) is 50.2 Å². The number of hydrogen-bond donors (Lipinski definition) is 3. The molecule has 6 nitrogen and oxygen atoms in total. The van der Waals surface area contributed by atoms with Crippen LogP contribution in [0.25, 0.3) is 0 Å². The number of aryl methyl sites for hydroxylation is 1. The van der Waals surface area contributed by atoms with Crippen LogP contribution < -0.4 is 15.6 Å². The summed E-state index contributed by atoms with van der Waals surface area (Å²) < 4.78 is 7.45. The van der Waals surface area contributed by atoms with Crippen molar-refractivity contribution >= 4 is 49.4 Å². The number of hydrazine groups is 1. The number of carbonyl (C=O) groups is 2. The molecule has 0 aliphatic carbocycles. The van der Waals surface area contributed by atoms with E-state index in [4.69, 9.17) is 9.84 Å². The second-order valence-corrected chi connectivity index (χ2v) is 8.75. The molecule has 0 heterocycles. The van der Waals surface area contributed by atoms with Crippen molar-refractivity contribution in [2.75, 3.05) is 5.43 Å². The molecule has 0 radical (unpaired) electrons. The lowest BCUT2D eigenvalue weighted by Crippen LogP contribution is -2.30. The first kappa shape index (κ1) is 23.2. The predicted octanol–water partition coefficient (Wildman–Crippen LogP) is 5.30. The zero-order valence-corrected chi connectivity index (χ0v) is 19.5. The van der Waals surface area contributed by atoms with E-state index in [1.165, 1.54) is 0 Å². The van der Waals surface area contributed by atoms with Crippen molar-refractivity contribution in [3.8, 4) is 5.75 Å². The average Bonchev–Trinajstić information content (AvgIpc) is 2.64. The van der Waals surface area contributed by atoms with Crippen LogP contribution in [0.2, 0.25) is 0 Å². The fraction of sp³-hybridized carbons (Fsp3) is 0.333. The van der Waals surface area contributed by atoms with Crippen LogP contribution in [-0.4, -0.2) is 17.0 Å². The maximum absolute atomic E-state index is 11.8. The van der Waals surface area contributed by atoms with Crippen molar-refractivity contribution in [1.82, 2.24) is 5.43 Å². The van der Waals surface area contributed by atoms with E-state index in [2.05, 4.69) is 42.7 Å². The molecule has 8 heteroatoms. The lowest BCUT2D eigenvalue weighted by atomic mass is 10.1. The van der Waals surface area contributed by atoms with Crippen LogP contribution in [0.4, 0.5) is 5.69 Å². The zero-order valence-electron chi connectivity index (χ0n) is 16.3. The van der Waals surface area contributed by atoms with Gasteiger partial charge in [-0.2, -0.15) is 0 Å². The lowest BCUT2D eigenvalue weighted by molar-refractivity contribution is -0.137. The molecule has 2 aromatic carbocycles.